The van der Waals surface area contributed by atoms with Crippen molar-refractivity contribution < 1.29 is 4.39 Å². The first kappa shape index (κ1) is 12.0. The maximum Gasteiger partial charge on any atom is 0.183 e. The number of halogens is 1. The van der Waals surface area contributed by atoms with Gasteiger partial charge in [0.2, 0.25) is 0 Å². The lowest BCUT2D eigenvalue weighted by molar-refractivity contribution is 0.631. The van der Waals surface area contributed by atoms with Crippen LogP contribution < -0.4 is 5.32 Å². The molecule has 4 heteroatoms. The second-order valence-corrected chi connectivity index (χ2v) is 5.31. The monoisotopic (exact) mass is 250 g/mol. The van der Waals surface area contributed by atoms with Crippen molar-refractivity contribution >= 4 is 16.5 Å². The number of anilines is 1. The minimum Gasteiger partial charge on any atom is -0.361 e. The van der Waals surface area contributed by atoms with Crippen molar-refractivity contribution in [1.29, 1.82) is 0 Å². The van der Waals surface area contributed by atoms with Gasteiger partial charge in [0.1, 0.15) is 5.82 Å². The average molecular weight is 250 g/mol. The van der Waals surface area contributed by atoms with Crippen LogP contribution in [0.15, 0.2) is 30.5 Å². The molecule has 0 aliphatic rings. The summed E-state index contributed by atoms with van der Waals surface area (Å²) in [5.41, 5.74) is 0.614. The summed E-state index contributed by atoms with van der Waals surface area (Å²) in [6.45, 7) is 5.15. The first-order valence-electron chi connectivity index (χ1n) is 5.61. The average Bonchev–Trinajstić information content (AvgIpc) is 2.75. The van der Waals surface area contributed by atoms with Gasteiger partial charge < -0.3 is 5.32 Å². The Kier molecular flexibility index (Phi) is 3.74. The smallest absolute Gasteiger partial charge is 0.183 e. The van der Waals surface area contributed by atoms with E-state index < -0.39 is 0 Å². The van der Waals surface area contributed by atoms with Gasteiger partial charge in [-0.05, 0) is 12.0 Å². The predicted molar refractivity (Wildman–Crippen MR) is 70.8 cm³/mol. The van der Waals surface area contributed by atoms with Crippen molar-refractivity contribution in [2.45, 2.75) is 13.8 Å². The van der Waals surface area contributed by atoms with Crippen LogP contribution >= 0.6 is 11.3 Å². The molecule has 2 rings (SSSR count). The number of aromatic nitrogens is 1. The molecule has 0 unspecified atom stereocenters. The first-order valence-corrected chi connectivity index (χ1v) is 6.43. The van der Waals surface area contributed by atoms with Crippen LogP contribution in [0.2, 0.25) is 0 Å². The summed E-state index contributed by atoms with van der Waals surface area (Å²) in [7, 11) is 0. The van der Waals surface area contributed by atoms with E-state index in [0.29, 0.717) is 11.5 Å². The predicted octanol–water partition coefficient (Wildman–Crippen LogP) is 4.02. The third-order valence-corrected chi connectivity index (χ3v) is 3.29. The van der Waals surface area contributed by atoms with Gasteiger partial charge in [0.05, 0.1) is 4.88 Å². The fourth-order valence-corrected chi connectivity index (χ4v) is 2.28. The summed E-state index contributed by atoms with van der Waals surface area (Å²) in [6.07, 6.45) is 1.71. The lowest BCUT2D eigenvalue weighted by atomic mass is 10.2. The van der Waals surface area contributed by atoms with Gasteiger partial charge in [-0.25, -0.2) is 9.37 Å². The molecule has 0 atom stereocenters. The number of hydrogen-bond acceptors (Lipinski definition) is 3. The van der Waals surface area contributed by atoms with Gasteiger partial charge in [-0.1, -0.05) is 43.4 Å². The number of rotatable bonds is 4. The van der Waals surface area contributed by atoms with Crippen LogP contribution in [0.4, 0.5) is 9.52 Å². The van der Waals surface area contributed by atoms with Crippen molar-refractivity contribution in [2.24, 2.45) is 5.92 Å². The highest BCUT2D eigenvalue weighted by atomic mass is 32.1. The number of nitrogens with zero attached hydrogens (tertiary/aromatic N) is 1. The minimum atomic E-state index is -0.202. The maximum atomic E-state index is 13.6. The standard InChI is InChI=1S/C13H15FN2S/c1-9(2)7-15-13-16-8-12(17-13)10-5-3-4-6-11(10)14/h3-6,8-9H,7H2,1-2H3,(H,15,16). The van der Waals surface area contributed by atoms with E-state index in [1.807, 2.05) is 6.07 Å². The molecule has 0 fully saturated rings. The molecular formula is C13H15FN2S. The quantitative estimate of drug-likeness (QED) is 0.886. The molecule has 90 valence electrons. The van der Waals surface area contributed by atoms with E-state index in [0.717, 1.165) is 16.6 Å². The molecule has 1 aromatic carbocycles. The Morgan fingerprint density at radius 2 is 2.12 bits per heavy atom. The molecule has 1 heterocycles. The molecule has 2 nitrogen and oxygen atoms in total. The number of thiazole rings is 1. The third kappa shape index (κ3) is 3.03. The zero-order chi connectivity index (χ0) is 12.3. The molecule has 0 saturated heterocycles. The molecule has 0 aliphatic heterocycles. The summed E-state index contributed by atoms with van der Waals surface area (Å²) < 4.78 is 13.6. The topological polar surface area (TPSA) is 24.9 Å². The Morgan fingerprint density at radius 1 is 1.35 bits per heavy atom. The Bertz CT molecular complexity index is 494. The van der Waals surface area contributed by atoms with E-state index in [1.165, 1.54) is 17.4 Å². The van der Waals surface area contributed by atoms with Crippen LogP contribution in [0.25, 0.3) is 10.4 Å². The summed E-state index contributed by atoms with van der Waals surface area (Å²) in [5.74, 6) is 0.363. The van der Waals surface area contributed by atoms with Gasteiger partial charge in [0.25, 0.3) is 0 Å². The van der Waals surface area contributed by atoms with Gasteiger partial charge in [-0.2, -0.15) is 0 Å². The summed E-state index contributed by atoms with van der Waals surface area (Å²) in [6, 6.07) is 6.77. The van der Waals surface area contributed by atoms with Crippen LogP contribution in [-0.2, 0) is 0 Å². The number of benzene rings is 1. The highest BCUT2D eigenvalue weighted by Gasteiger charge is 2.08. The Morgan fingerprint density at radius 3 is 2.82 bits per heavy atom. The lowest BCUT2D eigenvalue weighted by Crippen LogP contribution is -2.07. The third-order valence-electron chi connectivity index (χ3n) is 2.31. The molecule has 0 saturated carbocycles. The van der Waals surface area contributed by atoms with E-state index in [1.54, 1.807) is 18.3 Å². The SMILES string of the molecule is CC(C)CNc1ncc(-c2ccccc2F)s1. The summed E-state index contributed by atoms with van der Waals surface area (Å²) in [4.78, 5) is 5.10. The summed E-state index contributed by atoms with van der Waals surface area (Å²) >= 11 is 1.48. The fraction of sp³-hybridized carbons (Fsp3) is 0.308. The maximum absolute atomic E-state index is 13.6. The highest BCUT2D eigenvalue weighted by molar-refractivity contribution is 7.18. The molecule has 0 spiro atoms. The minimum absolute atomic E-state index is 0.202. The van der Waals surface area contributed by atoms with E-state index in [9.17, 15) is 4.39 Å². The largest absolute Gasteiger partial charge is 0.361 e. The van der Waals surface area contributed by atoms with Gasteiger partial charge in [0.15, 0.2) is 5.13 Å². The Labute approximate surface area is 105 Å². The van der Waals surface area contributed by atoms with Crippen molar-refractivity contribution in [2.75, 3.05) is 11.9 Å². The molecule has 17 heavy (non-hydrogen) atoms. The molecule has 0 amide bonds. The molecule has 0 bridgehead atoms. The van der Waals surface area contributed by atoms with Crippen LogP contribution in [0.5, 0.6) is 0 Å². The Hall–Kier alpha value is -1.42. The van der Waals surface area contributed by atoms with Crippen LogP contribution in [-0.4, -0.2) is 11.5 Å². The molecule has 0 radical (unpaired) electrons. The molecular weight excluding hydrogens is 235 g/mol. The second kappa shape index (κ2) is 5.27. The normalized spacial score (nSPS) is 10.8. The van der Waals surface area contributed by atoms with Crippen LogP contribution in [0.1, 0.15) is 13.8 Å². The van der Waals surface area contributed by atoms with E-state index in [-0.39, 0.29) is 5.82 Å². The zero-order valence-corrected chi connectivity index (χ0v) is 10.7. The van der Waals surface area contributed by atoms with E-state index in [2.05, 4.69) is 24.1 Å². The van der Waals surface area contributed by atoms with Gasteiger partial charge in [-0.3, -0.25) is 0 Å². The molecule has 2 aromatic rings. The van der Waals surface area contributed by atoms with Gasteiger partial charge in [-0.15, -0.1) is 0 Å². The van der Waals surface area contributed by atoms with E-state index >= 15 is 0 Å². The lowest BCUT2D eigenvalue weighted by Gasteiger charge is -2.04. The van der Waals surface area contributed by atoms with E-state index in [4.69, 9.17) is 0 Å². The van der Waals surface area contributed by atoms with Crippen molar-refractivity contribution in [3.63, 3.8) is 0 Å². The van der Waals surface area contributed by atoms with Crippen LogP contribution in [0, 0.1) is 11.7 Å². The molecule has 1 N–H and O–H groups in total. The van der Waals surface area contributed by atoms with Crippen LogP contribution in [0.3, 0.4) is 0 Å². The van der Waals surface area contributed by atoms with Gasteiger partial charge in [0, 0.05) is 18.3 Å². The second-order valence-electron chi connectivity index (χ2n) is 4.28. The van der Waals surface area contributed by atoms with Crippen molar-refractivity contribution in [3.05, 3.63) is 36.3 Å². The van der Waals surface area contributed by atoms with Gasteiger partial charge >= 0.3 is 0 Å². The summed E-state index contributed by atoms with van der Waals surface area (Å²) in [5, 5.41) is 4.08. The Balaban J connectivity index is 2.16. The number of nitrogens with one attached hydrogen (secondary N) is 1. The fourth-order valence-electron chi connectivity index (χ4n) is 1.43. The number of hydrogen-bond donors (Lipinski definition) is 1. The van der Waals surface area contributed by atoms with Crippen molar-refractivity contribution in [3.8, 4) is 10.4 Å². The molecule has 1 aromatic heterocycles. The van der Waals surface area contributed by atoms with Crippen molar-refractivity contribution in [1.82, 2.24) is 4.98 Å². The molecule has 0 aliphatic carbocycles. The zero-order valence-electron chi connectivity index (χ0n) is 9.90. The highest BCUT2D eigenvalue weighted by Crippen LogP contribution is 2.30. The first-order chi connectivity index (χ1) is 8.16.